The number of hydrogen-bond donors (Lipinski definition) is 3. The molecule has 1 atom stereocenters. The number of aromatic nitrogens is 2. The van der Waals surface area contributed by atoms with Crippen molar-refractivity contribution in [3.63, 3.8) is 0 Å². The van der Waals surface area contributed by atoms with Gasteiger partial charge in [-0.1, -0.05) is 0 Å². The van der Waals surface area contributed by atoms with Crippen LogP contribution < -0.4 is 10.6 Å². The molecule has 0 spiro atoms. The lowest BCUT2D eigenvalue weighted by Crippen LogP contribution is -2.36. The van der Waals surface area contributed by atoms with E-state index in [4.69, 9.17) is 0 Å². The summed E-state index contributed by atoms with van der Waals surface area (Å²) in [4.78, 5) is 25.1. The minimum Gasteiger partial charge on any atom is -0.393 e. The Hall–Kier alpha value is -2.38. The molecule has 0 aliphatic heterocycles. The highest BCUT2D eigenvalue weighted by atomic mass is 19.3. The first-order valence-corrected chi connectivity index (χ1v) is 10.2. The molecule has 2 rings (SSSR count). The number of rotatable bonds is 12. The van der Waals surface area contributed by atoms with Crippen LogP contribution in [0.2, 0.25) is 0 Å². The number of aliphatic hydroxyl groups is 1. The zero-order valence-corrected chi connectivity index (χ0v) is 17.5. The molecule has 0 radical (unpaired) electrons. The van der Waals surface area contributed by atoms with Gasteiger partial charge in [-0.2, -0.15) is 22.5 Å². The van der Waals surface area contributed by atoms with Crippen LogP contribution in [0.15, 0.2) is 11.2 Å². The second-order valence-corrected chi connectivity index (χ2v) is 7.30. The SMILES string of the molecule is C[C@H](COC(F)F)NC(=O)c1cnc(NCCOC(F)F)nc1N=CC1CCC(O)CC1. The number of halogens is 4. The number of aliphatic hydroxyl groups excluding tert-OH is 1. The Morgan fingerprint density at radius 2 is 1.94 bits per heavy atom. The van der Waals surface area contributed by atoms with Crippen LogP contribution in [-0.2, 0) is 9.47 Å². The Bertz CT molecular complexity index is 748. The summed E-state index contributed by atoms with van der Waals surface area (Å²) in [7, 11) is 0. The van der Waals surface area contributed by atoms with Crippen LogP contribution in [0.5, 0.6) is 0 Å². The number of aliphatic imine (C=N–C) groups is 1. The largest absolute Gasteiger partial charge is 0.393 e. The van der Waals surface area contributed by atoms with E-state index in [1.165, 1.54) is 13.1 Å². The number of carbonyl (C=O) groups is 1. The van der Waals surface area contributed by atoms with Crippen molar-refractivity contribution in [2.24, 2.45) is 10.9 Å². The van der Waals surface area contributed by atoms with Crippen LogP contribution in [0.4, 0.5) is 29.3 Å². The maximum Gasteiger partial charge on any atom is 0.345 e. The van der Waals surface area contributed by atoms with Gasteiger partial charge in [0.2, 0.25) is 5.95 Å². The summed E-state index contributed by atoms with van der Waals surface area (Å²) in [6.45, 7) is -5.02. The fraction of sp³-hybridized carbons (Fsp3) is 0.684. The molecule has 1 heterocycles. The fourth-order valence-electron chi connectivity index (χ4n) is 3.01. The maximum atomic E-state index is 12.6. The van der Waals surface area contributed by atoms with E-state index in [0.29, 0.717) is 12.8 Å². The van der Waals surface area contributed by atoms with Crippen LogP contribution in [0.1, 0.15) is 43.0 Å². The quantitative estimate of drug-likeness (QED) is 0.247. The molecule has 1 fully saturated rings. The molecule has 1 aromatic heterocycles. The molecule has 0 bridgehead atoms. The summed E-state index contributed by atoms with van der Waals surface area (Å²) in [5.74, 6) is -0.449. The Morgan fingerprint density at radius 1 is 1.25 bits per heavy atom. The number of ether oxygens (including phenoxy) is 2. The summed E-state index contributed by atoms with van der Waals surface area (Å²) in [5.41, 5.74) is 0.00960. The average molecular weight is 465 g/mol. The first-order chi connectivity index (χ1) is 15.2. The molecule has 9 nitrogen and oxygen atoms in total. The fourth-order valence-corrected chi connectivity index (χ4v) is 3.01. The van der Waals surface area contributed by atoms with Gasteiger partial charge in [0.25, 0.3) is 5.91 Å². The molecule has 3 N–H and O–H groups in total. The molecule has 13 heteroatoms. The molecule has 1 saturated carbocycles. The molecule has 0 unspecified atom stereocenters. The minimum atomic E-state index is -2.95. The minimum absolute atomic E-state index is 0.00154. The van der Waals surface area contributed by atoms with E-state index < -0.39 is 31.8 Å². The summed E-state index contributed by atoms with van der Waals surface area (Å²) in [6.07, 6.45) is 5.28. The standard InChI is InChI=1S/C19H27F4N5O4/c1-11(10-32-18(22)23)27-16(30)14-9-26-19(24-6-7-31-17(20)21)28-15(14)25-8-12-2-4-13(29)5-3-12/h8-9,11-13,17-18,29H,2-7,10H2,1H3,(H,27,30)(H,24,26,28)/t11-,12?,13?/m1/s1. The number of amides is 1. The highest BCUT2D eigenvalue weighted by Crippen LogP contribution is 2.24. The molecule has 1 aliphatic carbocycles. The molecule has 1 aliphatic rings. The maximum absolute atomic E-state index is 12.6. The predicted molar refractivity (Wildman–Crippen MR) is 107 cm³/mol. The zero-order chi connectivity index (χ0) is 23.5. The van der Waals surface area contributed by atoms with E-state index in [-0.39, 0.29) is 42.5 Å². The van der Waals surface area contributed by atoms with E-state index in [1.807, 2.05) is 0 Å². The monoisotopic (exact) mass is 465 g/mol. The molecular formula is C19H27F4N5O4. The molecular weight excluding hydrogens is 438 g/mol. The van der Waals surface area contributed by atoms with Crippen molar-refractivity contribution in [2.75, 3.05) is 25.1 Å². The zero-order valence-electron chi connectivity index (χ0n) is 17.5. The Morgan fingerprint density at radius 3 is 2.59 bits per heavy atom. The lowest BCUT2D eigenvalue weighted by molar-refractivity contribution is -0.132. The van der Waals surface area contributed by atoms with Crippen molar-refractivity contribution in [3.05, 3.63) is 11.8 Å². The predicted octanol–water partition coefficient (Wildman–Crippen LogP) is 2.74. The summed E-state index contributed by atoms with van der Waals surface area (Å²) < 4.78 is 56.8. The van der Waals surface area contributed by atoms with Crippen LogP contribution in [0, 0.1) is 5.92 Å². The third-order valence-electron chi connectivity index (χ3n) is 4.64. The molecule has 1 amide bonds. The highest BCUT2D eigenvalue weighted by molar-refractivity contribution is 5.98. The first-order valence-electron chi connectivity index (χ1n) is 10.2. The smallest absolute Gasteiger partial charge is 0.345 e. The number of anilines is 1. The van der Waals surface area contributed by atoms with Crippen LogP contribution in [0.3, 0.4) is 0 Å². The topological polar surface area (TPSA) is 118 Å². The van der Waals surface area contributed by atoms with E-state index in [1.54, 1.807) is 6.21 Å². The Kier molecular flexibility index (Phi) is 10.7. The van der Waals surface area contributed by atoms with Gasteiger partial charge in [0.15, 0.2) is 5.82 Å². The van der Waals surface area contributed by atoms with Gasteiger partial charge in [-0.15, -0.1) is 0 Å². The number of nitrogens with one attached hydrogen (secondary N) is 2. The van der Waals surface area contributed by atoms with Crippen molar-refractivity contribution in [2.45, 2.75) is 58.0 Å². The van der Waals surface area contributed by atoms with E-state index in [9.17, 15) is 27.5 Å². The first kappa shape index (κ1) is 25.9. The Balaban J connectivity index is 2.10. The number of carbonyl (C=O) groups excluding carboxylic acids is 1. The van der Waals surface area contributed by atoms with Gasteiger partial charge in [0.1, 0.15) is 5.56 Å². The van der Waals surface area contributed by atoms with Crippen molar-refractivity contribution >= 4 is 23.9 Å². The van der Waals surface area contributed by atoms with Crippen molar-refractivity contribution < 1.29 is 36.9 Å². The number of alkyl halides is 4. The van der Waals surface area contributed by atoms with E-state index >= 15 is 0 Å². The van der Waals surface area contributed by atoms with Crippen molar-refractivity contribution in [1.29, 1.82) is 0 Å². The third kappa shape index (κ3) is 9.40. The molecule has 0 aromatic carbocycles. The lowest BCUT2D eigenvalue weighted by atomic mass is 9.88. The molecule has 180 valence electrons. The molecule has 32 heavy (non-hydrogen) atoms. The van der Waals surface area contributed by atoms with Gasteiger partial charge in [-0.25, -0.2) is 9.98 Å². The highest BCUT2D eigenvalue weighted by Gasteiger charge is 2.20. The van der Waals surface area contributed by atoms with Gasteiger partial charge < -0.3 is 25.2 Å². The lowest BCUT2D eigenvalue weighted by Gasteiger charge is -2.22. The number of hydrogen-bond acceptors (Lipinski definition) is 8. The number of nitrogens with zero attached hydrogens (tertiary/aromatic N) is 3. The van der Waals surface area contributed by atoms with Crippen LogP contribution >= 0.6 is 0 Å². The summed E-state index contributed by atoms with van der Waals surface area (Å²) in [6, 6.07) is -0.711. The second kappa shape index (κ2) is 13.2. The third-order valence-corrected chi connectivity index (χ3v) is 4.64. The second-order valence-electron chi connectivity index (χ2n) is 7.30. The molecule has 1 aromatic rings. The summed E-state index contributed by atoms with van der Waals surface area (Å²) in [5, 5.41) is 14.8. The Labute approximate surface area is 182 Å². The van der Waals surface area contributed by atoms with E-state index in [2.05, 4.69) is 35.1 Å². The normalized spacial score (nSPS) is 20.1. The van der Waals surface area contributed by atoms with Crippen LogP contribution in [-0.4, -0.2) is 72.3 Å². The van der Waals surface area contributed by atoms with Gasteiger partial charge in [-0.3, -0.25) is 4.79 Å². The average Bonchev–Trinajstić information content (AvgIpc) is 2.74. The summed E-state index contributed by atoms with van der Waals surface area (Å²) >= 11 is 0. The van der Waals surface area contributed by atoms with Crippen molar-refractivity contribution in [1.82, 2.24) is 15.3 Å². The van der Waals surface area contributed by atoms with Crippen LogP contribution in [0.25, 0.3) is 0 Å². The van der Waals surface area contributed by atoms with E-state index in [0.717, 1.165) is 12.8 Å². The van der Waals surface area contributed by atoms with Gasteiger partial charge >= 0.3 is 13.2 Å². The van der Waals surface area contributed by atoms with Crippen molar-refractivity contribution in [3.8, 4) is 0 Å². The van der Waals surface area contributed by atoms with Gasteiger partial charge in [0, 0.05) is 25.0 Å². The van der Waals surface area contributed by atoms with Gasteiger partial charge in [0.05, 0.1) is 19.3 Å². The molecule has 0 saturated heterocycles. The van der Waals surface area contributed by atoms with Gasteiger partial charge in [-0.05, 0) is 38.5 Å².